The van der Waals surface area contributed by atoms with Gasteiger partial charge in [-0.05, 0) is 41.3 Å². The van der Waals surface area contributed by atoms with Gasteiger partial charge in [0.1, 0.15) is 0 Å². The summed E-state index contributed by atoms with van der Waals surface area (Å²) >= 11 is 0. The molecule has 1 aliphatic heterocycles. The van der Waals surface area contributed by atoms with Gasteiger partial charge in [0.2, 0.25) is 5.91 Å². The van der Waals surface area contributed by atoms with Gasteiger partial charge in [0.05, 0.1) is 0 Å². The van der Waals surface area contributed by atoms with Crippen molar-refractivity contribution in [2.45, 2.75) is 25.3 Å². The maximum absolute atomic E-state index is 11.3. The Labute approximate surface area is 142 Å². The zero-order valence-electron chi connectivity index (χ0n) is 13.8. The topological polar surface area (TPSA) is 61.4 Å². The van der Waals surface area contributed by atoms with E-state index in [1.807, 2.05) is 0 Å². The third-order valence-corrected chi connectivity index (χ3v) is 4.46. The van der Waals surface area contributed by atoms with Crippen LogP contribution in [-0.4, -0.2) is 30.7 Å². The van der Waals surface area contributed by atoms with Crippen molar-refractivity contribution < 1.29 is 9.90 Å². The number of nitrogens with one attached hydrogen (secondary N) is 2. The minimum atomic E-state index is 0.144. The third-order valence-electron chi connectivity index (χ3n) is 4.46. The summed E-state index contributed by atoms with van der Waals surface area (Å²) in [7, 11) is 0. The number of carbonyl (C=O) groups excluding carboxylic acids is 1. The van der Waals surface area contributed by atoms with Crippen molar-refractivity contribution in [2.24, 2.45) is 0 Å². The molecule has 126 valence electrons. The first-order valence-corrected chi connectivity index (χ1v) is 8.54. The van der Waals surface area contributed by atoms with Crippen LogP contribution in [0.15, 0.2) is 48.5 Å². The first-order chi connectivity index (χ1) is 11.8. The van der Waals surface area contributed by atoms with E-state index < -0.39 is 0 Å². The van der Waals surface area contributed by atoms with Crippen LogP contribution in [0.3, 0.4) is 0 Å². The summed E-state index contributed by atoms with van der Waals surface area (Å²) in [5.41, 5.74) is 4.84. The molecular weight excluding hydrogens is 300 g/mol. The molecule has 2 aromatic carbocycles. The molecule has 1 unspecified atom stereocenters. The molecule has 0 saturated carbocycles. The molecule has 0 bridgehead atoms. The Morgan fingerprint density at radius 2 is 1.96 bits per heavy atom. The second kappa shape index (κ2) is 8.08. The van der Waals surface area contributed by atoms with E-state index in [1.54, 1.807) is 0 Å². The number of rotatable bonds is 7. The van der Waals surface area contributed by atoms with E-state index in [9.17, 15) is 4.79 Å². The molecule has 1 atom stereocenters. The Morgan fingerprint density at radius 3 is 2.67 bits per heavy atom. The summed E-state index contributed by atoms with van der Waals surface area (Å²) < 4.78 is 0. The second-order valence-electron chi connectivity index (χ2n) is 6.28. The summed E-state index contributed by atoms with van der Waals surface area (Å²) in [6, 6.07) is 17.0. The Balaban J connectivity index is 1.66. The van der Waals surface area contributed by atoms with Gasteiger partial charge in [-0.25, -0.2) is 0 Å². The lowest BCUT2D eigenvalue weighted by Crippen LogP contribution is -2.15. The Kier molecular flexibility index (Phi) is 5.62. The molecule has 1 saturated heterocycles. The fourth-order valence-electron chi connectivity index (χ4n) is 3.09. The largest absolute Gasteiger partial charge is 0.396 e. The summed E-state index contributed by atoms with van der Waals surface area (Å²) in [5.74, 6) is 0.444. The quantitative estimate of drug-likeness (QED) is 0.686. The zero-order valence-corrected chi connectivity index (χ0v) is 13.8. The van der Waals surface area contributed by atoms with Crippen LogP contribution >= 0.6 is 0 Å². The van der Waals surface area contributed by atoms with Gasteiger partial charge in [-0.2, -0.15) is 0 Å². The molecule has 0 aromatic heterocycles. The first-order valence-electron chi connectivity index (χ1n) is 8.54. The molecule has 1 fully saturated rings. The molecule has 0 aliphatic carbocycles. The molecule has 1 aliphatic rings. The SMILES string of the molecule is O=C1CC(c2ccc(-c3cccc(CNCCCO)c3)cc2)CN1. The number of amides is 1. The van der Waals surface area contributed by atoms with E-state index >= 15 is 0 Å². The number of aliphatic hydroxyl groups excluding tert-OH is 1. The van der Waals surface area contributed by atoms with Gasteiger partial charge in [0.25, 0.3) is 0 Å². The van der Waals surface area contributed by atoms with Crippen LogP contribution in [0, 0.1) is 0 Å². The van der Waals surface area contributed by atoms with E-state index in [2.05, 4.69) is 59.2 Å². The van der Waals surface area contributed by atoms with Gasteiger partial charge in [-0.3, -0.25) is 4.79 Å². The van der Waals surface area contributed by atoms with Crippen LogP contribution in [0.5, 0.6) is 0 Å². The predicted octanol–water partition coefficient (Wildman–Crippen LogP) is 2.43. The second-order valence-corrected chi connectivity index (χ2v) is 6.28. The number of hydrogen-bond acceptors (Lipinski definition) is 3. The third kappa shape index (κ3) is 4.22. The van der Waals surface area contributed by atoms with E-state index in [1.165, 1.54) is 22.3 Å². The van der Waals surface area contributed by atoms with Gasteiger partial charge in [-0.15, -0.1) is 0 Å². The average Bonchev–Trinajstić information content (AvgIpc) is 3.06. The van der Waals surface area contributed by atoms with Gasteiger partial charge in [0, 0.05) is 32.0 Å². The molecule has 0 spiro atoms. The minimum absolute atomic E-state index is 0.144. The van der Waals surface area contributed by atoms with Crippen LogP contribution in [0.4, 0.5) is 0 Å². The lowest BCUT2D eigenvalue weighted by Gasteiger charge is -2.10. The van der Waals surface area contributed by atoms with Crippen molar-refractivity contribution >= 4 is 5.91 Å². The van der Waals surface area contributed by atoms with Crippen molar-refractivity contribution in [1.29, 1.82) is 0 Å². The van der Waals surface area contributed by atoms with Gasteiger partial charge in [0.15, 0.2) is 0 Å². The summed E-state index contributed by atoms with van der Waals surface area (Å²) in [4.78, 5) is 11.3. The van der Waals surface area contributed by atoms with Gasteiger partial charge >= 0.3 is 0 Å². The molecule has 4 heteroatoms. The maximum atomic E-state index is 11.3. The molecule has 3 rings (SSSR count). The van der Waals surface area contributed by atoms with Crippen molar-refractivity contribution in [3.63, 3.8) is 0 Å². The molecule has 2 aromatic rings. The highest BCUT2D eigenvalue weighted by atomic mass is 16.3. The smallest absolute Gasteiger partial charge is 0.220 e. The molecular formula is C20H24N2O2. The van der Waals surface area contributed by atoms with Crippen molar-refractivity contribution in [3.05, 3.63) is 59.7 Å². The summed E-state index contributed by atoms with van der Waals surface area (Å²) in [5, 5.41) is 15.0. The van der Waals surface area contributed by atoms with Gasteiger partial charge < -0.3 is 15.7 Å². The van der Waals surface area contributed by atoms with E-state index in [0.29, 0.717) is 12.3 Å². The average molecular weight is 324 g/mol. The standard InChI is InChI=1S/C20H24N2O2/c23-10-2-9-21-13-15-3-1-4-18(11-15)16-5-7-17(8-6-16)19-12-20(24)22-14-19/h1,3-8,11,19,21,23H,2,9-10,12-14H2,(H,22,24). The van der Waals surface area contributed by atoms with Crippen molar-refractivity contribution in [1.82, 2.24) is 10.6 Å². The Bertz CT molecular complexity index is 682. The van der Waals surface area contributed by atoms with Crippen LogP contribution < -0.4 is 10.6 Å². The minimum Gasteiger partial charge on any atom is -0.396 e. The van der Waals surface area contributed by atoms with Gasteiger partial charge in [-0.1, -0.05) is 42.5 Å². The molecule has 1 heterocycles. The zero-order chi connectivity index (χ0) is 16.8. The highest BCUT2D eigenvalue weighted by Crippen LogP contribution is 2.26. The maximum Gasteiger partial charge on any atom is 0.220 e. The number of aliphatic hydroxyl groups is 1. The van der Waals surface area contributed by atoms with Crippen LogP contribution in [0.2, 0.25) is 0 Å². The van der Waals surface area contributed by atoms with Crippen LogP contribution in [-0.2, 0) is 11.3 Å². The van der Waals surface area contributed by atoms with Crippen molar-refractivity contribution in [3.8, 4) is 11.1 Å². The van der Waals surface area contributed by atoms with Crippen LogP contribution in [0.1, 0.15) is 29.9 Å². The fraction of sp³-hybridized carbons (Fsp3) is 0.350. The summed E-state index contributed by atoms with van der Waals surface area (Å²) in [6.07, 6.45) is 1.37. The highest BCUT2D eigenvalue weighted by Gasteiger charge is 2.22. The van der Waals surface area contributed by atoms with E-state index in [0.717, 1.165) is 26.1 Å². The molecule has 24 heavy (non-hydrogen) atoms. The lowest BCUT2D eigenvalue weighted by atomic mass is 9.95. The predicted molar refractivity (Wildman–Crippen MR) is 95.7 cm³/mol. The first kappa shape index (κ1) is 16.7. The fourth-order valence-corrected chi connectivity index (χ4v) is 3.09. The molecule has 0 radical (unpaired) electrons. The number of benzene rings is 2. The van der Waals surface area contributed by atoms with Crippen molar-refractivity contribution in [2.75, 3.05) is 19.7 Å². The monoisotopic (exact) mass is 324 g/mol. The Hall–Kier alpha value is -2.17. The molecule has 4 nitrogen and oxygen atoms in total. The molecule has 1 amide bonds. The normalized spacial score (nSPS) is 17.0. The summed E-state index contributed by atoms with van der Waals surface area (Å²) in [6.45, 7) is 2.60. The van der Waals surface area contributed by atoms with E-state index in [4.69, 9.17) is 5.11 Å². The van der Waals surface area contributed by atoms with E-state index in [-0.39, 0.29) is 12.5 Å². The number of hydrogen-bond donors (Lipinski definition) is 3. The van der Waals surface area contributed by atoms with Crippen LogP contribution in [0.25, 0.3) is 11.1 Å². The lowest BCUT2D eigenvalue weighted by molar-refractivity contribution is -0.119. The Morgan fingerprint density at radius 1 is 1.12 bits per heavy atom. The highest BCUT2D eigenvalue weighted by molar-refractivity contribution is 5.79. The molecule has 3 N–H and O–H groups in total. The number of carbonyl (C=O) groups is 1.